The molecule has 0 aliphatic heterocycles. The zero-order chi connectivity index (χ0) is 22.6. The van der Waals surface area contributed by atoms with E-state index in [9.17, 15) is 18.0 Å². The molecule has 1 fully saturated rings. The third kappa shape index (κ3) is 5.69. The number of hydrogen-bond donors (Lipinski definition) is 1. The number of nitrogens with one attached hydrogen (secondary N) is 1. The molecule has 1 aliphatic carbocycles. The first-order valence-electron chi connectivity index (χ1n) is 10.5. The summed E-state index contributed by atoms with van der Waals surface area (Å²) in [5.41, 5.74) is -0.804. The van der Waals surface area contributed by atoms with Gasteiger partial charge in [0, 0.05) is 18.3 Å². The fourth-order valence-corrected chi connectivity index (χ4v) is 3.79. The van der Waals surface area contributed by atoms with Crippen LogP contribution in [0.15, 0.2) is 60.8 Å². The molecule has 8 heteroatoms. The Morgan fingerprint density at radius 1 is 1.00 bits per heavy atom. The van der Waals surface area contributed by atoms with Crippen molar-refractivity contribution >= 4 is 16.7 Å². The molecule has 168 valence electrons. The van der Waals surface area contributed by atoms with Crippen molar-refractivity contribution in [3.63, 3.8) is 0 Å². The smallest absolute Gasteiger partial charge is 0.417 e. The third-order valence-corrected chi connectivity index (χ3v) is 5.48. The molecule has 32 heavy (non-hydrogen) atoms. The van der Waals surface area contributed by atoms with Crippen molar-refractivity contribution in [1.82, 2.24) is 10.3 Å². The summed E-state index contributed by atoms with van der Waals surface area (Å²) < 4.78 is 49.2. The van der Waals surface area contributed by atoms with E-state index in [0.717, 1.165) is 23.0 Å². The maximum atomic E-state index is 12.6. The number of nitrogens with zero attached hydrogens (tertiary/aromatic N) is 1. The Morgan fingerprint density at radius 3 is 2.44 bits per heavy atom. The van der Waals surface area contributed by atoms with Crippen LogP contribution in [-0.2, 0) is 11.0 Å². The van der Waals surface area contributed by atoms with Crippen LogP contribution in [-0.4, -0.2) is 29.6 Å². The van der Waals surface area contributed by atoms with Crippen molar-refractivity contribution < 1.29 is 27.4 Å². The Kier molecular flexibility index (Phi) is 6.48. The highest BCUT2D eigenvalue weighted by Gasteiger charge is 2.31. The average Bonchev–Trinajstić information content (AvgIpc) is 2.79. The molecule has 0 bridgehead atoms. The molecular weight excluding hydrogens is 421 g/mol. The van der Waals surface area contributed by atoms with Crippen molar-refractivity contribution in [3.8, 4) is 11.6 Å². The Morgan fingerprint density at radius 2 is 1.75 bits per heavy atom. The van der Waals surface area contributed by atoms with Gasteiger partial charge in [-0.25, -0.2) is 4.98 Å². The van der Waals surface area contributed by atoms with Crippen LogP contribution in [0.25, 0.3) is 10.8 Å². The lowest BCUT2D eigenvalue weighted by Crippen LogP contribution is -2.41. The molecule has 2 aromatic carbocycles. The van der Waals surface area contributed by atoms with Gasteiger partial charge in [-0.3, -0.25) is 4.79 Å². The fourth-order valence-electron chi connectivity index (χ4n) is 3.79. The number of aromatic nitrogens is 1. The SMILES string of the molecule is O=C(COc1ccc2ccccc2c1)NC1CCC(Oc2ccc(C(F)(F)F)cn2)CC1. The molecule has 0 spiro atoms. The highest BCUT2D eigenvalue weighted by Crippen LogP contribution is 2.30. The predicted octanol–water partition coefficient (Wildman–Crippen LogP) is 5.14. The molecule has 1 heterocycles. The van der Waals surface area contributed by atoms with Crippen LogP contribution in [0.5, 0.6) is 11.6 Å². The normalized spacial score (nSPS) is 18.8. The predicted molar refractivity (Wildman–Crippen MR) is 113 cm³/mol. The number of benzene rings is 2. The summed E-state index contributed by atoms with van der Waals surface area (Å²) in [6, 6.07) is 15.8. The summed E-state index contributed by atoms with van der Waals surface area (Å²) in [4.78, 5) is 16.0. The number of carbonyl (C=O) groups excluding carboxylic acids is 1. The highest BCUT2D eigenvalue weighted by molar-refractivity contribution is 5.84. The molecule has 1 aromatic heterocycles. The standard InChI is InChI=1S/C24H23F3N2O3/c25-24(26,27)18-6-12-23(28-14-18)32-20-10-7-19(8-11-20)29-22(30)15-31-21-9-5-16-3-1-2-4-17(16)13-21/h1-6,9,12-14,19-20H,7-8,10-11,15H2,(H,29,30). The van der Waals surface area contributed by atoms with Gasteiger partial charge >= 0.3 is 6.18 Å². The number of hydrogen-bond acceptors (Lipinski definition) is 4. The van der Waals surface area contributed by atoms with Crippen LogP contribution < -0.4 is 14.8 Å². The van der Waals surface area contributed by atoms with E-state index in [-0.39, 0.29) is 30.5 Å². The minimum atomic E-state index is -4.42. The van der Waals surface area contributed by atoms with Crippen molar-refractivity contribution in [2.24, 2.45) is 0 Å². The highest BCUT2D eigenvalue weighted by atomic mass is 19.4. The first-order valence-corrected chi connectivity index (χ1v) is 10.5. The van der Waals surface area contributed by atoms with E-state index in [0.29, 0.717) is 31.4 Å². The number of pyridine rings is 1. The zero-order valence-corrected chi connectivity index (χ0v) is 17.3. The van der Waals surface area contributed by atoms with E-state index < -0.39 is 11.7 Å². The van der Waals surface area contributed by atoms with Crippen LogP contribution in [0.2, 0.25) is 0 Å². The van der Waals surface area contributed by atoms with Crippen molar-refractivity contribution in [2.75, 3.05) is 6.61 Å². The van der Waals surface area contributed by atoms with E-state index in [1.807, 2.05) is 42.5 Å². The minimum Gasteiger partial charge on any atom is -0.484 e. The van der Waals surface area contributed by atoms with Crippen LogP contribution >= 0.6 is 0 Å². The first kappa shape index (κ1) is 21.9. The Balaban J connectivity index is 1.20. The molecule has 1 amide bonds. The van der Waals surface area contributed by atoms with E-state index in [1.54, 1.807) is 0 Å². The Bertz CT molecular complexity index is 1060. The first-order chi connectivity index (χ1) is 15.4. The quantitative estimate of drug-likeness (QED) is 0.572. The molecular formula is C24H23F3N2O3. The summed E-state index contributed by atoms with van der Waals surface area (Å²) in [5.74, 6) is 0.626. The Labute approximate surface area is 183 Å². The van der Waals surface area contributed by atoms with Gasteiger partial charge in [-0.1, -0.05) is 30.3 Å². The number of halogens is 3. The summed E-state index contributed by atoms with van der Waals surface area (Å²) in [5, 5.41) is 5.13. The number of alkyl halides is 3. The largest absolute Gasteiger partial charge is 0.484 e. The van der Waals surface area contributed by atoms with E-state index in [1.165, 1.54) is 6.07 Å². The molecule has 0 unspecified atom stereocenters. The van der Waals surface area contributed by atoms with Crippen LogP contribution in [0.4, 0.5) is 13.2 Å². The summed E-state index contributed by atoms with van der Waals surface area (Å²) >= 11 is 0. The summed E-state index contributed by atoms with van der Waals surface area (Å²) in [6.07, 6.45) is -0.990. The van der Waals surface area contributed by atoms with E-state index >= 15 is 0 Å². The van der Waals surface area contributed by atoms with Gasteiger partial charge in [-0.2, -0.15) is 13.2 Å². The van der Waals surface area contributed by atoms with Crippen LogP contribution in [0.1, 0.15) is 31.2 Å². The van der Waals surface area contributed by atoms with Crippen molar-refractivity contribution in [2.45, 2.75) is 44.0 Å². The number of carbonyl (C=O) groups is 1. The second-order valence-electron chi connectivity index (χ2n) is 7.84. The van der Waals surface area contributed by atoms with Gasteiger partial charge in [0.05, 0.1) is 5.56 Å². The van der Waals surface area contributed by atoms with Gasteiger partial charge in [0.1, 0.15) is 11.9 Å². The maximum absolute atomic E-state index is 12.6. The second kappa shape index (κ2) is 9.46. The summed E-state index contributed by atoms with van der Waals surface area (Å²) in [7, 11) is 0. The van der Waals surface area contributed by atoms with Crippen molar-refractivity contribution in [3.05, 3.63) is 66.4 Å². The lowest BCUT2D eigenvalue weighted by Gasteiger charge is -2.29. The molecule has 1 aliphatic rings. The molecule has 0 saturated heterocycles. The monoisotopic (exact) mass is 444 g/mol. The number of ether oxygens (including phenoxy) is 2. The lowest BCUT2D eigenvalue weighted by atomic mass is 9.93. The van der Waals surface area contributed by atoms with Gasteiger partial charge in [-0.15, -0.1) is 0 Å². The van der Waals surface area contributed by atoms with E-state index in [4.69, 9.17) is 9.47 Å². The van der Waals surface area contributed by atoms with Gasteiger partial charge in [0.25, 0.3) is 5.91 Å². The Hall–Kier alpha value is -3.29. The zero-order valence-electron chi connectivity index (χ0n) is 17.3. The topological polar surface area (TPSA) is 60.5 Å². The molecule has 1 saturated carbocycles. The molecule has 0 radical (unpaired) electrons. The minimum absolute atomic E-state index is 0.0168. The van der Waals surface area contributed by atoms with Crippen LogP contribution in [0, 0.1) is 0 Å². The lowest BCUT2D eigenvalue weighted by molar-refractivity contribution is -0.137. The molecule has 4 rings (SSSR count). The number of amides is 1. The fraction of sp³-hybridized carbons (Fsp3) is 0.333. The van der Waals surface area contributed by atoms with Gasteiger partial charge in [0.2, 0.25) is 5.88 Å². The molecule has 1 N–H and O–H groups in total. The maximum Gasteiger partial charge on any atom is 0.417 e. The van der Waals surface area contributed by atoms with Gasteiger partial charge in [-0.05, 0) is 54.7 Å². The van der Waals surface area contributed by atoms with Crippen molar-refractivity contribution in [1.29, 1.82) is 0 Å². The van der Waals surface area contributed by atoms with Gasteiger partial charge < -0.3 is 14.8 Å². The van der Waals surface area contributed by atoms with Gasteiger partial charge in [0.15, 0.2) is 6.61 Å². The third-order valence-electron chi connectivity index (χ3n) is 5.48. The molecule has 0 atom stereocenters. The van der Waals surface area contributed by atoms with Crippen LogP contribution in [0.3, 0.4) is 0 Å². The number of rotatable bonds is 6. The molecule has 3 aromatic rings. The average molecular weight is 444 g/mol. The second-order valence-corrected chi connectivity index (χ2v) is 7.84. The van der Waals surface area contributed by atoms with E-state index in [2.05, 4.69) is 10.3 Å². The molecule has 5 nitrogen and oxygen atoms in total. The number of fused-ring (bicyclic) bond motifs is 1. The summed E-state index contributed by atoms with van der Waals surface area (Å²) in [6.45, 7) is -0.0652.